The number of carbonyl (C=O) groups excluding carboxylic acids is 2. The Morgan fingerprint density at radius 1 is 1.23 bits per heavy atom. The van der Waals surface area contributed by atoms with Crippen LogP contribution in [0, 0.1) is 5.92 Å². The lowest BCUT2D eigenvalue weighted by molar-refractivity contribution is -0.150. The lowest BCUT2D eigenvalue weighted by atomic mass is 10.1. The van der Waals surface area contributed by atoms with Crippen LogP contribution in [0.1, 0.15) is 47.5 Å². The summed E-state index contributed by atoms with van der Waals surface area (Å²) in [6.45, 7) is 8.90. The van der Waals surface area contributed by atoms with Crippen molar-refractivity contribution in [3.63, 3.8) is 0 Å². The van der Waals surface area contributed by atoms with Crippen LogP contribution in [-0.2, 0) is 14.3 Å². The molecule has 1 rings (SSSR count). The molecule has 0 unspecified atom stereocenters. The molecule has 0 saturated heterocycles. The van der Waals surface area contributed by atoms with E-state index in [4.69, 9.17) is 15.2 Å². The Morgan fingerprint density at radius 2 is 1.82 bits per heavy atom. The Morgan fingerprint density at radius 3 is 2.32 bits per heavy atom. The smallest absolute Gasteiger partial charge is 0.407 e. The zero-order valence-electron chi connectivity index (χ0n) is 14.0. The number of ether oxygens (including phenoxy) is 2. The summed E-state index contributed by atoms with van der Waals surface area (Å²) in [5.74, 6) is -0.844. The molecule has 4 N–H and O–H groups in total. The highest BCUT2D eigenvalue weighted by Gasteiger charge is 2.39. The molecule has 0 bridgehead atoms. The van der Waals surface area contributed by atoms with E-state index in [2.05, 4.69) is 5.32 Å². The number of alkyl carbamates (subject to hydrolysis) is 1. The number of esters is 1. The van der Waals surface area contributed by atoms with E-state index < -0.39 is 41.3 Å². The van der Waals surface area contributed by atoms with E-state index >= 15 is 0 Å². The topological polar surface area (TPSA) is 111 Å². The molecule has 7 nitrogen and oxygen atoms in total. The Balaban J connectivity index is 2.48. The Hall–Kier alpha value is -1.34. The van der Waals surface area contributed by atoms with Gasteiger partial charge in [0.25, 0.3) is 0 Å². The number of nitrogens with two attached hydrogens (primary N) is 1. The van der Waals surface area contributed by atoms with Gasteiger partial charge in [-0.15, -0.1) is 0 Å². The number of rotatable bonds is 4. The molecule has 0 aromatic heterocycles. The van der Waals surface area contributed by atoms with Gasteiger partial charge in [0, 0.05) is 5.54 Å². The summed E-state index contributed by atoms with van der Waals surface area (Å²) >= 11 is 0. The molecule has 1 aliphatic carbocycles. The number of aliphatic hydroxyl groups is 1. The molecule has 0 aromatic rings. The van der Waals surface area contributed by atoms with Crippen molar-refractivity contribution in [3.8, 4) is 0 Å². The second kappa shape index (κ2) is 6.83. The monoisotopic (exact) mass is 316 g/mol. The van der Waals surface area contributed by atoms with E-state index in [1.165, 1.54) is 0 Å². The molecular formula is C15H28N2O5. The SMILES string of the molecule is CC(C)(N)COC(=O)[C@H]1C[C@@H](O)[C@@H](NC(=O)OC(C)(C)C)C1. The molecule has 0 heterocycles. The third kappa shape index (κ3) is 6.62. The largest absolute Gasteiger partial charge is 0.464 e. The highest BCUT2D eigenvalue weighted by atomic mass is 16.6. The fourth-order valence-electron chi connectivity index (χ4n) is 2.20. The number of amides is 1. The molecule has 0 aromatic carbocycles. The van der Waals surface area contributed by atoms with Crippen molar-refractivity contribution >= 4 is 12.1 Å². The van der Waals surface area contributed by atoms with Crippen molar-refractivity contribution in [1.29, 1.82) is 0 Å². The molecular weight excluding hydrogens is 288 g/mol. The zero-order chi connectivity index (χ0) is 17.1. The van der Waals surface area contributed by atoms with Crippen LogP contribution in [0.4, 0.5) is 4.79 Å². The van der Waals surface area contributed by atoms with Crippen molar-refractivity contribution in [3.05, 3.63) is 0 Å². The molecule has 1 aliphatic rings. The van der Waals surface area contributed by atoms with Crippen LogP contribution in [0.2, 0.25) is 0 Å². The van der Waals surface area contributed by atoms with Crippen LogP contribution < -0.4 is 11.1 Å². The van der Waals surface area contributed by atoms with Crippen LogP contribution in [-0.4, -0.2) is 47.1 Å². The first-order valence-electron chi connectivity index (χ1n) is 7.50. The predicted octanol–water partition coefficient (Wildman–Crippen LogP) is 0.931. The minimum Gasteiger partial charge on any atom is -0.464 e. The van der Waals surface area contributed by atoms with Crippen molar-refractivity contribution in [2.24, 2.45) is 11.7 Å². The number of aliphatic hydroxyl groups excluding tert-OH is 1. The average molecular weight is 316 g/mol. The number of hydrogen-bond acceptors (Lipinski definition) is 6. The molecule has 0 aliphatic heterocycles. The van der Waals surface area contributed by atoms with E-state index in [9.17, 15) is 14.7 Å². The summed E-state index contributed by atoms with van der Waals surface area (Å²) in [5.41, 5.74) is 4.55. The summed E-state index contributed by atoms with van der Waals surface area (Å²) < 4.78 is 10.3. The number of carbonyl (C=O) groups is 2. The first kappa shape index (κ1) is 18.7. The fourth-order valence-corrected chi connectivity index (χ4v) is 2.20. The van der Waals surface area contributed by atoms with Gasteiger partial charge in [-0.25, -0.2) is 4.79 Å². The van der Waals surface area contributed by atoms with Crippen molar-refractivity contribution in [2.45, 2.75) is 70.7 Å². The maximum atomic E-state index is 12.0. The van der Waals surface area contributed by atoms with Crippen LogP contribution in [0.15, 0.2) is 0 Å². The van der Waals surface area contributed by atoms with E-state index in [0.717, 1.165) is 0 Å². The van der Waals surface area contributed by atoms with Crippen molar-refractivity contribution in [2.75, 3.05) is 6.61 Å². The highest BCUT2D eigenvalue weighted by Crippen LogP contribution is 2.27. The maximum absolute atomic E-state index is 12.0. The maximum Gasteiger partial charge on any atom is 0.407 e. The second-order valence-electron chi connectivity index (χ2n) is 7.58. The summed E-state index contributed by atoms with van der Waals surface area (Å²) in [6, 6.07) is -0.515. The number of nitrogens with one attached hydrogen (secondary N) is 1. The third-order valence-electron chi connectivity index (χ3n) is 3.15. The van der Waals surface area contributed by atoms with Gasteiger partial charge in [-0.3, -0.25) is 4.79 Å². The molecule has 0 spiro atoms. The third-order valence-corrected chi connectivity index (χ3v) is 3.15. The summed E-state index contributed by atoms with van der Waals surface area (Å²) in [4.78, 5) is 23.7. The fraction of sp³-hybridized carbons (Fsp3) is 0.867. The van der Waals surface area contributed by atoms with Crippen LogP contribution >= 0.6 is 0 Å². The standard InChI is InChI=1S/C15H28N2O5/c1-14(2,3)22-13(20)17-10-6-9(7-11(10)18)12(19)21-8-15(4,5)16/h9-11,18H,6-8,16H2,1-5H3,(H,17,20)/t9-,10+,11-/m1/s1. The van der Waals surface area contributed by atoms with E-state index in [1.807, 2.05) is 0 Å². The molecule has 1 fully saturated rings. The van der Waals surface area contributed by atoms with Gasteiger partial charge in [0.2, 0.25) is 0 Å². The molecule has 1 amide bonds. The summed E-state index contributed by atoms with van der Waals surface area (Å²) in [7, 11) is 0. The molecule has 1 saturated carbocycles. The highest BCUT2D eigenvalue weighted by molar-refractivity contribution is 5.74. The quantitative estimate of drug-likeness (QED) is 0.665. The van der Waals surface area contributed by atoms with Crippen LogP contribution in [0.25, 0.3) is 0 Å². The Kier molecular flexibility index (Phi) is 5.81. The van der Waals surface area contributed by atoms with Gasteiger partial charge >= 0.3 is 12.1 Å². The molecule has 0 radical (unpaired) electrons. The Labute approximate surface area is 131 Å². The molecule has 3 atom stereocenters. The first-order valence-corrected chi connectivity index (χ1v) is 7.50. The van der Waals surface area contributed by atoms with Gasteiger partial charge < -0.3 is 25.6 Å². The van der Waals surface area contributed by atoms with Crippen molar-refractivity contribution < 1.29 is 24.2 Å². The van der Waals surface area contributed by atoms with Gasteiger partial charge in [0.1, 0.15) is 12.2 Å². The van der Waals surface area contributed by atoms with Crippen LogP contribution in [0.5, 0.6) is 0 Å². The normalized spacial score (nSPS) is 25.7. The first-order chi connectivity index (χ1) is 9.87. The summed E-state index contributed by atoms with van der Waals surface area (Å²) in [5, 5.41) is 12.6. The van der Waals surface area contributed by atoms with Gasteiger partial charge in [0.15, 0.2) is 0 Å². The van der Waals surface area contributed by atoms with E-state index in [-0.39, 0.29) is 13.0 Å². The van der Waals surface area contributed by atoms with Gasteiger partial charge in [-0.2, -0.15) is 0 Å². The lowest BCUT2D eigenvalue weighted by Gasteiger charge is -2.23. The van der Waals surface area contributed by atoms with E-state index in [1.54, 1.807) is 34.6 Å². The minimum atomic E-state index is -0.795. The lowest BCUT2D eigenvalue weighted by Crippen LogP contribution is -2.42. The van der Waals surface area contributed by atoms with Gasteiger partial charge in [0.05, 0.1) is 18.1 Å². The van der Waals surface area contributed by atoms with Gasteiger partial charge in [-0.1, -0.05) is 0 Å². The van der Waals surface area contributed by atoms with Crippen molar-refractivity contribution in [1.82, 2.24) is 5.32 Å². The molecule has 22 heavy (non-hydrogen) atoms. The second-order valence-corrected chi connectivity index (χ2v) is 7.58. The predicted molar refractivity (Wildman–Crippen MR) is 81.1 cm³/mol. The average Bonchev–Trinajstić information content (AvgIpc) is 2.64. The summed E-state index contributed by atoms with van der Waals surface area (Å²) in [6.07, 6.45) is -0.821. The van der Waals surface area contributed by atoms with Gasteiger partial charge in [-0.05, 0) is 47.5 Å². The Bertz CT molecular complexity index is 411. The van der Waals surface area contributed by atoms with E-state index in [0.29, 0.717) is 6.42 Å². The minimum absolute atomic E-state index is 0.114. The zero-order valence-corrected chi connectivity index (χ0v) is 14.0. The molecule has 128 valence electrons. The number of hydrogen-bond donors (Lipinski definition) is 3. The van der Waals surface area contributed by atoms with Crippen LogP contribution in [0.3, 0.4) is 0 Å². The molecule has 7 heteroatoms.